The predicted octanol–water partition coefficient (Wildman–Crippen LogP) is 0.528. The van der Waals surface area contributed by atoms with Crippen LogP contribution in [0.25, 0.3) is 0 Å². The van der Waals surface area contributed by atoms with Crippen molar-refractivity contribution in [3.63, 3.8) is 0 Å². The SMILES string of the molecule is CCC(C(=O)NC)C(C)N.Cl. The lowest BCUT2D eigenvalue weighted by molar-refractivity contribution is -0.125. The normalized spacial score (nSPS) is 14.5. The predicted molar refractivity (Wildman–Crippen MR) is 48.7 cm³/mol. The minimum atomic E-state index is -0.0510. The molecule has 0 radical (unpaired) electrons. The molecule has 0 saturated heterocycles. The topological polar surface area (TPSA) is 55.1 Å². The van der Waals surface area contributed by atoms with Crippen LogP contribution in [0.3, 0.4) is 0 Å². The van der Waals surface area contributed by atoms with E-state index in [4.69, 9.17) is 5.73 Å². The molecule has 3 nitrogen and oxygen atoms in total. The van der Waals surface area contributed by atoms with Crippen LogP contribution in [0, 0.1) is 5.92 Å². The molecule has 0 bridgehead atoms. The van der Waals surface area contributed by atoms with E-state index < -0.39 is 0 Å². The van der Waals surface area contributed by atoms with E-state index in [1.165, 1.54) is 0 Å². The van der Waals surface area contributed by atoms with Crippen LogP contribution in [0.15, 0.2) is 0 Å². The van der Waals surface area contributed by atoms with Gasteiger partial charge in [0.15, 0.2) is 0 Å². The van der Waals surface area contributed by atoms with Crippen LogP contribution >= 0.6 is 12.4 Å². The maximum atomic E-state index is 11.0. The van der Waals surface area contributed by atoms with Gasteiger partial charge in [0.05, 0.1) is 5.92 Å². The van der Waals surface area contributed by atoms with Gasteiger partial charge in [0.25, 0.3) is 0 Å². The van der Waals surface area contributed by atoms with Gasteiger partial charge in [-0.05, 0) is 13.3 Å². The molecule has 0 aromatic carbocycles. The van der Waals surface area contributed by atoms with Gasteiger partial charge in [-0.1, -0.05) is 6.92 Å². The molecule has 0 fully saturated rings. The Labute approximate surface area is 74.1 Å². The molecule has 2 unspecified atom stereocenters. The van der Waals surface area contributed by atoms with Gasteiger partial charge < -0.3 is 11.1 Å². The fourth-order valence-electron chi connectivity index (χ4n) is 0.981. The molecule has 0 aromatic rings. The van der Waals surface area contributed by atoms with E-state index in [0.29, 0.717) is 0 Å². The van der Waals surface area contributed by atoms with Crippen molar-refractivity contribution in [2.24, 2.45) is 11.7 Å². The molecule has 11 heavy (non-hydrogen) atoms. The second kappa shape index (κ2) is 6.43. The Morgan fingerprint density at radius 3 is 2.18 bits per heavy atom. The van der Waals surface area contributed by atoms with Crippen molar-refractivity contribution in [1.82, 2.24) is 5.32 Å². The lowest BCUT2D eigenvalue weighted by atomic mass is 9.98. The molecule has 0 saturated carbocycles. The molecular weight excluding hydrogens is 164 g/mol. The number of hydrogen-bond donors (Lipinski definition) is 2. The number of halogens is 1. The van der Waals surface area contributed by atoms with Gasteiger partial charge in [-0.3, -0.25) is 4.79 Å². The smallest absolute Gasteiger partial charge is 0.224 e. The number of amides is 1. The monoisotopic (exact) mass is 180 g/mol. The van der Waals surface area contributed by atoms with Crippen molar-refractivity contribution in [3.05, 3.63) is 0 Å². The van der Waals surface area contributed by atoms with E-state index in [1.807, 2.05) is 13.8 Å². The lowest BCUT2D eigenvalue weighted by Gasteiger charge is -2.16. The zero-order valence-corrected chi connectivity index (χ0v) is 8.07. The van der Waals surface area contributed by atoms with E-state index in [0.717, 1.165) is 6.42 Å². The lowest BCUT2D eigenvalue weighted by Crippen LogP contribution is -2.38. The van der Waals surface area contributed by atoms with Crippen molar-refractivity contribution in [2.45, 2.75) is 26.3 Å². The molecule has 0 spiro atoms. The number of carbonyl (C=O) groups excluding carboxylic acids is 1. The summed E-state index contributed by atoms with van der Waals surface area (Å²) in [7, 11) is 1.63. The fraction of sp³-hybridized carbons (Fsp3) is 0.857. The molecular formula is C7H17ClN2O. The zero-order chi connectivity index (χ0) is 8.15. The van der Waals surface area contributed by atoms with E-state index in [1.54, 1.807) is 7.05 Å². The van der Waals surface area contributed by atoms with Crippen LogP contribution in [0.2, 0.25) is 0 Å². The summed E-state index contributed by atoms with van der Waals surface area (Å²) in [6.45, 7) is 3.81. The van der Waals surface area contributed by atoms with Crippen molar-refractivity contribution in [2.75, 3.05) is 7.05 Å². The van der Waals surface area contributed by atoms with E-state index in [-0.39, 0.29) is 30.3 Å². The summed E-state index contributed by atoms with van der Waals surface area (Å²) in [6.07, 6.45) is 0.803. The summed E-state index contributed by atoms with van der Waals surface area (Å²) in [5.74, 6) is 0.00231. The maximum Gasteiger partial charge on any atom is 0.224 e. The third kappa shape index (κ3) is 4.22. The second-order valence-corrected chi connectivity index (χ2v) is 2.49. The number of nitrogens with one attached hydrogen (secondary N) is 1. The quantitative estimate of drug-likeness (QED) is 0.666. The third-order valence-corrected chi connectivity index (χ3v) is 1.66. The highest BCUT2D eigenvalue weighted by Gasteiger charge is 2.18. The number of nitrogens with two attached hydrogens (primary N) is 1. The van der Waals surface area contributed by atoms with Crippen LogP contribution < -0.4 is 11.1 Å². The maximum absolute atomic E-state index is 11.0. The minimum absolute atomic E-state index is 0. The molecule has 0 aliphatic heterocycles. The van der Waals surface area contributed by atoms with Gasteiger partial charge >= 0.3 is 0 Å². The van der Waals surface area contributed by atoms with Gasteiger partial charge in [0, 0.05) is 13.1 Å². The van der Waals surface area contributed by atoms with Crippen molar-refractivity contribution in [3.8, 4) is 0 Å². The first-order chi connectivity index (χ1) is 4.63. The Hall–Kier alpha value is -0.280. The number of carbonyl (C=O) groups is 1. The molecule has 0 aliphatic carbocycles. The van der Waals surface area contributed by atoms with Gasteiger partial charge in [-0.25, -0.2) is 0 Å². The van der Waals surface area contributed by atoms with E-state index in [9.17, 15) is 4.79 Å². The van der Waals surface area contributed by atoms with Crippen LogP contribution in [0.1, 0.15) is 20.3 Å². The summed E-state index contributed by atoms with van der Waals surface area (Å²) in [6, 6.07) is -0.0510. The first-order valence-corrected chi connectivity index (χ1v) is 3.60. The van der Waals surface area contributed by atoms with Gasteiger partial charge in [0.2, 0.25) is 5.91 Å². The summed E-state index contributed by atoms with van der Waals surface area (Å²) in [4.78, 5) is 11.0. The molecule has 2 atom stereocenters. The number of rotatable bonds is 3. The zero-order valence-electron chi connectivity index (χ0n) is 7.26. The molecule has 0 aromatic heterocycles. The summed E-state index contributed by atoms with van der Waals surface area (Å²) < 4.78 is 0. The van der Waals surface area contributed by atoms with Gasteiger partial charge in [-0.2, -0.15) is 0 Å². The summed E-state index contributed by atoms with van der Waals surface area (Å²) in [5.41, 5.74) is 5.56. The highest BCUT2D eigenvalue weighted by molar-refractivity contribution is 5.85. The Morgan fingerprint density at radius 2 is 2.09 bits per heavy atom. The molecule has 1 amide bonds. The third-order valence-electron chi connectivity index (χ3n) is 1.66. The fourth-order valence-corrected chi connectivity index (χ4v) is 0.981. The average molecular weight is 181 g/mol. The van der Waals surface area contributed by atoms with Gasteiger partial charge in [-0.15, -0.1) is 12.4 Å². The molecule has 68 valence electrons. The van der Waals surface area contributed by atoms with Crippen LogP contribution in [-0.4, -0.2) is 19.0 Å². The second-order valence-electron chi connectivity index (χ2n) is 2.49. The van der Waals surface area contributed by atoms with Crippen molar-refractivity contribution < 1.29 is 4.79 Å². The van der Waals surface area contributed by atoms with Crippen LogP contribution in [0.5, 0.6) is 0 Å². The Kier molecular flexibility index (Phi) is 7.79. The van der Waals surface area contributed by atoms with E-state index in [2.05, 4.69) is 5.32 Å². The first-order valence-electron chi connectivity index (χ1n) is 3.60. The highest BCUT2D eigenvalue weighted by Crippen LogP contribution is 2.05. The molecule has 0 aliphatic rings. The standard InChI is InChI=1S/C7H16N2O.ClH/c1-4-6(5(2)8)7(10)9-3;/h5-6H,4,8H2,1-3H3,(H,9,10);1H. The minimum Gasteiger partial charge on any atom is -0.359 e. The van der Waals surface area contributed by atoms with Crippen LogP contribution in [0.4, 0.5) is 0 Å². The summed E-state index contributed by atoms with van der Waals surface area (Å²) >= 11 is 0. The first kappa shape index (κ1) is 13.3. The highest BCUT2D eigenvalue weighted by atomic mass is 35.5. The molecule has 4 heteroatoms. The summed E-state index contributed by atoms with van der Waals surface area (Å²) in [5, 5.41) is 2.58. The molecule has 3 N–H and O–H groups in total. The average Bonchev–Trinajstić information content (AvgIpc) is 1.88. The molecule has 0 heterocycles. The van der Waals surface area contributed by atoms with Gasteiger partial charge in [0.1, 0.15) is 0 Å². The largest absolute Gasteiger partial charge is 0.359 e. The van der Waals surface area contributed by atoms with Crippen molar-refractivity contribution in [1.29, 1.82) is 0 Å². The van der Waals surface area contributed by atoms with E-state index >= 15 is 0 Å². The Morgan fingerprint density at radius 1 is 1.64 bits per heavy atom. The Bertz CT molecular complexity index is 117. The number of hydrogen-bond acceptors (Lipinski definition) is 2. The molecule has 0 rings (SSSR count). The van der Waals surface area contributed by atoms with Crippen LogP contribution in [-0.2, 0) is 4.79 Å². The van der Waals surface area contributed by atoms with Crippen molar-refractivity contribution >= 4 is 18.3 Å². The Balaban J connectivity index is 0.